The fourth-order valence-corrected chi connectivity index (χ4v) is 5.67. The van der Waals surface area contributed by atoms with E-state index in [2.05, 4.69) is 50.8 Å². The number of halogens is 1. The average molecular weight is 615 g/mol. The molecule has 1 heterocycles. The molecule has 0 aliphatic carbocycles. The number of aromatic nitrogens is 2. The van der Waals surface area contributed by atoms with Crippen LogP contribution in [0.15, 0.2) is 47.8 Å². The number of hydrogen-bond acceptors (Lipinski definition) is 7. The van der Waals surface area contributed by atoms with Crippen LogP contribution < -0.4 is 10.3 Å². The Labute approximate surface area is 249 Å². The van der Waals surface area contributed by atoms with E-state index in [1.807, 2.05) is 6.07 Å². The molecule has 0 bridgehead atoms. The van der Waals surface area contributed by atoms with Crippen molar-refractivity contribution in [1.29, 1.82) is 0 Å². The Hall–Kier alpha value is -3.13. The van der Waals surface area contributed by atoms with Gasteiger partial charge in [0.1, 0.15) is 23.8 Å². The largest absolute Gasteiger partial charge is 0.465 e. The standard InChI is InChI=1S/C31H43FN2O6Si2/c1-9-11-22-14-15-25-28(29(22)40-21-39-17-19-42(6,7)8)33-27(23-12-10-13-24(26(23)32)31(36)37-2)30(35)34(25)20-38-16-18-41(3,4)5/h9-10,12-15H,1,11,16-21H2,2-8H3. The maximum Gasteiger partial charge on any atom is 0.340 e. The molecule has 0 spiro atoms. The van der Waals surface area contributed by atoms with Crippen molar-refractivity contribution in [2.45, 2.75) is 64.5 Å². The van der Waals surface area contributed by atoms with Gasteiger partial charge in [-0.25, -0.2) is 14.2 Å². The number of carbonyl (C=O) groups excluding carboxylic acids is 1. The third kappa shape index (κ3) is 8.70. The monoisotopic (exact) mass is 614 g/mol. The molecular weight excluding hydrogens is 572 g/mol. The zero-order valence-corrected chi connectivity index (χ0v) is 27.8. The number of rotatable bonds is 15. The predicted octanol–water partition coefficient (Wildman–Crippen LogP) is 6.72. The Kier molecular flexibility index (Phi) is 11.4. The first-order chi connectivity index (χ1) is 19.8. The molecule has 0 unspecified atom stereocenters. The van der Waals surface area contributed by atoms with Gasteiger partial charge in [-0.2, -0.15) is 0 Å². The van der Waals surface area contributed by atoms with Crippen molar-refractivity contribution in [3.63, 3.8) is 0 Å². The van der Waals surface area contributed by atoms with E-state index >= 15 is 4.39 Å². The first kappa shape index (κ1) is 33.4. The molecule has 0 saturated carbocycles. The summed E-state index contributed by atoms with van der Waals surface area (Å²) in [5, 5.41) is 0. The van der Waals surface area contributed by atoms with Gasteiger partial charge in [0.15, 0.2) is 12.5 Å². The Balaban J connectivity index is 2.18. The highest BCUT2D eigenvalue weighted by atomic mass is 28.3. The van der Waals surface area contributed by atoms with E-state index in [1.165, 1.54) is 29.9 Å². The second kappa shape index (κ2) is 14.4. The van der Waals surface area contributed by atoms with E-state index in [9.17, 15) is 9.59 Å². The fourth-order valence-electron chi connectivity index (χ4n) is 4.16. The number of carbonyl (C=O) groups is 1. The molecular formula is C31H43FN2O6Si2. The summed E-state index contributed by atoms with van der Waals surface area (Å²) in [6.45, 7) is 18.4. The maximum absolute atomic E-state index is 15.7. The molecule has 0 amide bonds. The van der Waals surface area contributed by atoms with Crippen LogP contribution in [0.4, 0.5) is 4.39 Å². The van der Waals surface area contributed by atoms with Crippen LogP contribution in [0.25, 0.3) is 22.3 Å². The van der Waals surface area contributed by atoms with Crippen molar-refractivity contribution >= 4 is 33.2 Å². The van der Waals surface area contributed by atoms with E-state index in [0.717, 1.165) is 17.7 Å². The number of benzene rings is 2. The van der Waals surface area contributed by atoms with Gasteiger partial charge in [0, 0.05) is 40.5 Å². The lowest BCUT2D eigenvalue weighted by Gasteiger charge is -2.19. The van der Waals surface area contributed by atoms with Gasteiger partial charge in [0.25, 0.3) is 5.56 Å². The summed E-state index contributed by atoms with van der Waals surface area (Å²) >= 11 is 0. The molecule has 0 fully saturated rings. The van der Waals surface area contributed by atoms with Crippen LogP contribution in [-0.2, 0) is 27.4 Å². The molecule has 0 N–H and O–H groups in total. The summed E-state index contributed by atoms with van der Waals surface area (Å²) in [4.78, 5) is 30.7. The molecule has 11 heteroatoms. The Morgan fingerprint density at radius 3 is 2.31 bits per heavy atom. The molecule has 0 aliphatic heterocycles. The highest BCUT2D eigenvalue weighted by molar-refractivity contribution is 6.76. The van der Waals surface area contributed by atoms with E-state index in [-0.39, 0.29) is 30.3 Å². The van der Waals surface area contributed by atoms with Crippen LogP contribution in [0.1, 0.15) is 15.9 Å². The van der Waals surface area contributed by atoms with Gasteiger partial charge in [-0.15, -0.1) is 6.58 Å². The molecule has 42 heavy (non-hydrogen) atoms. The molecule has 0 aliphatic rings. The molecule has 228 valence electrons. The van der Waals surface area contributed by atoms with Crippen molar-refractivity contribution in [1.82, 2.24) is 9.55 Å². The third-order valence-electron chi connectivity index (χ3n) is 6.68. The highest BCUT2D eigenvalue weighted by Gasteiger charge is 2.24. The minimum atomic E-state index is -1.37. The number of nitrogens with zero attached hydrogens (tertiary/aromatic N) is 2. The van der Waals surface area contributed by atoms with Crippen LogP contribution >= 0.6 is 0 Å². The van der Waals surface area contributed by atoms with Gasteiger partial charge in [-0.1, -0.05) is 57.5 Å². The molecule has 0 atom stereocenters. The second-order valence-electron chi connectivity index (χ2n) is 12.6. The van der Waals surface area contributed by atoms with Gasteiger partial charge in [0.05, 0.1) is 18.2 Å². The van der Waals surface area contributed by atoms with Gasteiger partial charge in [-0.05, 0) is 36.7 Å². The molecule has 2 aromatic carbocycles. The van der Waals surface area contributed by atoms with E-state index < -0.39 is 33.5 Å². The SMILES string of the molecule is C=CCc1ccc2c(nc(-c3cccc(C(=O)OC)c3F)c(=O)n2COCC[Si](C)(C)C)c1OCOCC[Si](C)(C)C. The molecule has 1 aromatic heterocycles. The number of ether oxygens (including phenoxy) is 4. The Morgan fingerprint density at radius 1 is 1.02 bits per heavy atom. The number of hydrogen-bond donors (Lipinski definition) is 0. The summed E-state index contributed by atoms with van der Waals surface area (Å²) in [6, 6.07) is 9.76. The predicted molar refractivity (Wildman–Crippen MR) is 170 cm³/mol. The van der Waals surface area contributed by atoms with Crippen molar-refractivity contribution in [2.24, 2.45) is 0 Å². The maximum atomic E-state index is 15.7. The minimum absolute atomic E-state index is 0.0111. The lowest BCUT2D eigenvalue weighted by molar-refractivity contribution is 0.0223. The first-order valence-corrected chi connectivity index (χ1v) is 21.5. The van der Waals surface area contributed by atoms with Crippen molar-refractivity contribution in [2.75, 3.05) is 27.1 Å². The van der Waals surface area contributed by atoms with Gasteiger partial charge in [0.2, 0.25) is 0 Å². The number of fused-ring (bicyclic) bond motifs is 1. The normalized spacial score (nSPS) is 12.0. The number of esters is 1. The van der Waals surface area contributed by atoms with Crippen LogP contribution in [0, 0.1) is 5.82 Å². The molecule has 0 radical (unpaired) electrons. The molecule has 3 rings (SSSR count). The van der Waals surface area contributed by atoms with Crippen LogP contribution in [0.2, 0.25) is 51.4 Å². The Bertz CT molecular complexity index is 1480. The summed E-state index contributed by atoms with van der Waals surface area (Å²) < 4.78 is 39.7. The summed E-state index contributed by atoms with van der Waals surface area (Å²) in [5.41, 5.74) is 0.498. The van der Waals surface area contributed by atoms with E-state index in [1.54, 1.807) is 12.1 Å². The van der Waals surface area contributed by atoms with Crippen molar-refractivity contribution in [3.05, 3.63) is 70.3 Å². The van der Waals surface area contributed by atoms with Crippen LogP contribution in [0.3, 0.4) is 0 Å². The van der Waals surface area contributed by atoms with Gasteiger partial charge >= 0.3 is 5.97 Å². The topological polar surface area (TPSA) is 88.9 Å². The van der Waals surface area contributed by atoms with Crippen molar-refractivity contribution in [3.8, 4) is 17.0 Å². The summed E-state index contributed by atoms with van der Waals surface area (Å²) in [5.74, 6) is -1.32. The third-order valence-corrected chi connectivity index (χ3v) is 10.1. The van der Waals surface area contributed by atoms with Crippen LogP contribution in [0.5, 0.6) is 5.75 Å². The minimum Gasteiger partial charge on any atom is -0.465 e. The summed E-state index contributed by atoms with van der Waals surface area (Å²) in [7, 11) is -1.49. The Morgan fingerprint density at radius 2 is 1.69 bits per heavy atom. The molecule has 0 saturated heterocycles. The first-order valence-electron chi connectivity index (χ1n) is 14.1. The zero-order valence-electron chi connectivity index (χ0n) is 25.8. The highest BCUT2D eigenvalue weighted by Crippen LogP contribution is 2.32. The van der Waals surface area contributed by atoms with Gasteiger partial charge < -0.3 is 18.9 Å². The van der Waals surface area contributed by atoms with E-state index in [0.29, 0.717) is 36.4 Å². The fraction of sp³-hybridized carbons (Fsp3) is 0.452. The average Bonchev–Trinajstić information content (AvgIpc) is 2.91. The smallest absolute Gasteiger partial charge is 0.340 e. The molecule has 3 aromatic rings. The molecule has 8 nitrogen and oxygen atoms in total. The second-order valence-corrected chi connectivity index (χ2v) is 23.8. The van der Waals surface area contributed by atoms with Crippen LogP contribution in [-0.4, -0.2) is 58.8 Å². The quantitative estimate of drug-likeness (QED) is 0.0617. The van der Waals surface area contributed by atoms with E-state index in [4.69, 9.17) is 18.9 Å². The van der Waals surface area contributed by atoms with Gasteiger partial charge in [-0.3, -0.25) is 9.36 Å². The lowest BCUT2D eigenvalue weighted by atomic mass is 10.1. The summed E-state index contributed by atoms with van der Waals surface area (Å²) in [6.07, 6.45) is 2.23. The zero-order chi connectivity index (χ0) is 31.1. The number of allylic oxidation sites excluding steroid dienone is 1. The number of methoxy groups -OCH3 is 1. The lowest BCUT2D eigenvalue weighted by Crippen LogP contribution is -2.27. The van der Waals surface area contributed by atoms with Crippen molar-refractivity contribution < 1.29 is 28.1 Å².